The van der Waals surface area contributed by atoms with Gasteiger partial charge in [-0.15, -0.1) is 0 Å². The molecule has 3 atom stereocenters. The smallest absolute Gasteiger partial charge is 0.409 e. The van der Waals surface area contributed by atoms with Gasteiger partial charge in [0.25, 0.3) is 0 Å². The van der Waals surface area contributed by atoms with Crippen molar-refractivity contribution in [1.29, 1.82) is 0 Å². The van der Waals surface area contributed by atoms with E-state index in [2.05, 4.69) is 13.8 Å². The molecule has 0 aromatic heterocycles. The minimum atomic E-state index is -0.328. The number of rotatable bonds is 4. The van der Waals surface area contributed by atoms with Gasteiger partial charge >= 0.3 is 6.09 Å². The number of carbonyl (C=O) groups excluding carboxylic acids is 1. The van der Waals surface area contributed by atoms with Crippen LogP contribution in [0.25, 0.3) is 0 Å². The van der Waals surface area contributed by atoms with Gasteiger partial charge in [-0.25, -0.2) is 4.79 Å². The molecule has 2 aliphatic heterocycles. The fraction of sp³-hybridized carbons (Fsp3) is 0.917. The fourth-order valence-electron chi connectivity index (χ4n) is 1.95. The van der Waals surface area contributed by atoms with Gasteiger partial charge in [0.1, 0.15) is 12.7 Å². The third kappa shape index (κ3) is 2.72. The first-order chi connectivity index (χ1) is 7.74. The normalized spacial score (nSPS) is 37.5. The minimum Gasteiger partial charge on any atom is -0.447 e. The van der Waals surface area contributed by atoms with Crippen molar-refractivity contribution in [3.8, 4) is 0 Å². The summed E-state index contributed by atoms with van der Waals surface area (Å²) >= 11 is 0. The van der Waals surface area contributed by atoms with Crippen LogP contribution in [0.4, 0.5) is 4.79 Å². The third-order valence-electron chi connectivity index (χ3n) is 3.51. The van der Waals surface area contributed by atoms with Crippen molar-refractivity contribution >= 4 is 6.09 Å². The maximum atomic E-state index is 11.2. The Bertz CT molecular complexity index is 328. The molecule has 98 valence electrons. The summed E-state index contributed by atoms with van der Waals surface area (Å²) in [6.07, 6.45) is 0.809. The molecule has 2 rings (SSSR count). The van der Waals surface area contributed by atoms with Crippen LogP contribution in [0.2, 0.25) is 0 Å². The summed E-state index contributed by atoms with van der Waals surface area (Å²) in [7, 11) is 3.33. The van der Waals surface area contributed by atoms with E-state index in [-0.39, 0.29) is 29.5 Å². The Balaban J connectivity index is 1.70. The van der Waals surface area contributed by atoms with E-state index in [0.29, 0.717) is 6.61 Å². The first-order valence-corrected chi connectivity index (χ1v) is 5.94. The Hall–Kier alpha value is -0.810. The second-order valence-corrected chi connectivity index (χ2v) is 5.80. The highest BCUT2D eigenvalue weighted by atomic mass is 16.7. The predicted octanol–water partition coefficient (Wildman–Crippen LogP) is 1.41. The molecular formula is C12H21NO4. The van der Waals surface area contributed by atoms with Gasteiger partial charge in [-0.3, -0.25) is 0 Å². The van der Waals surface area contributed by atoms with E-state index in [1.807, 2.05) is 6.92 Å². The molecule has 0 aromatic rings. The molecule has 0 aliphatic carbocycles. The largest absolute Gasteiger partial charge is 0.447 e. The Labute approximate surface area is 102 Å². The predicted molar refractivity (Wildman–Crippen MR) is 61.9 cm³/mol. The van der Waals surface area contributed by atoms with Gasteiger partial charge in [-0.2, -0.15) is 0 Å². The van der Waals surface area contributed by atoms with Gasteiger partial charge in [0, 0.05) is 20.5 Å². The minimum absolute atomic E-state index is 0.00593. The van der Waals surface area contributed by atoms with Gasteiger partial charge in [0.15, 0.2) is 0 Å². The van der Waals surface area contributed by atoms with E-state index in [0.717, 1.165) is 6.42 Å². The van der Waals surface area contributed by atoms with Crippen LogP contribution in [0.5, 0.6) is 0 Å². The number of hydrogen-bond acceptors (Lipinski definition) is 4. The highest BCUT2D eigenvalue weighted by molar-refractivity contribution is 5.66. The van der Waals surface area contributed by atoms with Crippen molar-refractivity contribution < 1.29 is 19.0 Å². The zero-order chi connectivity index (χ0) is 12.8. The van der Waals surface area contributed by atoms with Gasteiger partial charge in [-0.05, 0) is 20.8 Å². The van der Waals surface area contributed by atoms with E-state index in [4.69, 9.17) is 14.2 Å². The van der Waals surface area contributed by atoms with E-state index in [1.54, 1.807) is 14.1 Å². The number of nitrogens with zero attached hydrogens (tertiary/aromatic N) is 1. The summed E-state index contributed by atoms with van der Waals surface area (Å²) in [5.74, 6) is 0. The molecule has 2 heterocycles. The summed E-state index contributed by atoms with van der Waals surface area (Å²) in [6, 6.07) is 0. The monoisotopic (exact) mass is 243 g/mol. The SMILES string of the molecule is CN(C)C(=O)OC[C@H]1O[C@]1(C)C[C@H]1OC1(C)C. The van der Waals surface area contributed by atoms with Crippen LogP contribution in [-0.2, 0) is 14.2 Å². The lowest BCUT2D eigenvalue weighted by atomic mass is 9.97. The lowest BCUT2D eigenvalue weighted by molar-refractivity contribution is 0.110. The van der Waals surface area contributed by atoms with Crippen LogP contribution >= 0.6 is 0 Å². The van der Waals surface area contributed by atoms with Crippen LogP contribution in [0, 0.1) is 0 Å². The summed E-state index contributed by atoms with van der Waals surface area (Å²) < 4.78 is 16.2. The van der Waals surface area contributed by atoms with E-state index in [1.165, 1.54) is 4.90 Å². The fourth-order valence-corrected chi connectivity index (χ4v) is 1.95. The Morgan fingerprint density at radius 3 is 2.29 bits per heavy atom. The van der Waals surface area contributed by atoms with Crippen molar-refractivity contribution in [1.82, 2.24) is 4.90 Å². The molecule has 0 bridgehead atoms. The number of amides is 1. The molecule has 0 saturated carbocycles. The molecule has 5 nitrogen and oxygen atoms in total. The summed E-state index contributed by atoms with van der Waals surface area (Å²) in [4.78, 5) is 12.7. The maximum Gasteiger partial charge on any atom is 0.409 e. The van der Waals surface area contributed by atoms with E-state index < -0.39 is 0 Å². The van der Waals surface area contributed by atoms with Crippen LogP contribution in [0.3, 0.4) is 0 Å². The van der Waals surface area contributed by atoms with Crippen LogP contribution in [-0.4, -0.2) is 55.1 Å². The number of hydrogen-bond donors (Lipinski definition) is 0. The average Bonchev–Trinajstić information content (AvgIpc) is 3.01. The zero-order valence-electron chi connectivity index (χ0n) is 11.1. The van der Waals surface area contributed by atoms with Gasteiger partial charge in [0.2, 0.25) is 0 Å². The van der Waals surface area contributed by atoms with Crippen molar-refractivity contribution in [2.24, 2.45) is 0 Å². The zero-order valence-corrected chi connectivity index (χ0v) is 11.1. The first kappa shape index (κ1) is 12.6. The Morgan fingerprint density at radius 2 is 1.82 bits per heavy atom. The Kier molecular flexibility index (Phi) is 2.86. The van der Waals surface area contributed by atoms with Crippen molar-refractivity contribution in [3.63, 3.8) is 0 Å². The molecule has 0 N–H and O–H groups in total. The maximum absolute atomic E-state index is 11.2. The molecule has 2 saturated heterocycles. The summed E-state index contributed by atoms with van der Waals surface area (Å²) in [5.41, 5.74) is -0.204. The second-order valence-electron chi connectivity index (χ2n) is 5.80. The van der Waals surface area contributed by atoms with Gasteiger partial charge in [0.05, 0.1) is 17.3 Å². The summed E-state index contributed by atoms with van der Waals surface area (Å²) in [6.45, 7) is 6.51. The number of epoxide rings is 2. The van der Waals surface area contributed by atoms with Crippen LogP contribution in [0.1, 0.15) is 27.2 Å². The van der Waals surface area contributed by atoms with Crippen LogP contribution < -0.4 is 0 Å². The van der Waals surface area contributed by atoms with E-state index >= 15 is 0 Å². The molecule has 0 unspecified atom stereocenters. The molecule has 2 fully saturated rings. The molecule has 0 radical (unpaired) electrons. The molecule has 0 spiro atoms. The highest BCUT2D eigenvalue weighted by Crippen LogP contribution is 2.48. The second kappa shape index (κ2) is 3.85. The standard InChI is InChI=1S/C12H21NO4/c1-11(2)8(16-11)6-12(3)9(17-12)7-15-10(14)13(4)5/h8-9H,6-7H2,1-5H3/t8-,9-,12-/m1/s1. The van der Waals surface area contributed by atoms with Crippen molar-refractivity contribution in [2.75, 3.05) is 20.7 Å². The van der Waals surface area contributed by atoms with E-state index in [9.17, 15) is 4.79 Å². The molecular weight excluding hydrogens is 222 g/mol. The summed E-state index contributed by atoms with van der Waals surface area (Å²) in [5, 5.41) is 0. The molecule has 1 amide bonds. The highest BCUT2D eigenvalue weighted by Gasteiger charge is 2.60. The lowest BCUT2D eigenvalue weighted by Crippen LogP contribution is -2.26. The lowest BCUT2D eigenvalue weighted by Gasteiger charge is -2.10. The number of ether oxygens (including phenoxy) is 3. The quantitative estimate of drug-likeness (QED) is 0.700. The van der Waals surface area contributed by atoms with Gasteiger partial charge in [-0.1, -0.05) is 0 Å². The molecule has 5 heteroatoms. The number of carbonyl (C=O) groups is 1. The molecule has 0 aromatic carbocycles. The van der Waals surface area contributed by atoms with Crippen molar-refractivity contribution in [3.05, 3.63) is 0 Å². The first-order valence-electron chi connectivity index (χ1n) is 5.94. The van der Waals surface area contributed by atoms with Crippen molar-refractivity contribution in [2.45, 2.75) is 50.6 Å². The topological polar surface area (TPSA) is 54.6 Å². The average molecular weight is 243 g/mol. The molecule has 17 heavy (non-hydrogen) atoms. The third-order valence-corrected chi connectivity index (χ3v) is 3.51. The molecule has 2 aliphatic rings. The Morgan fingerprint density at radius 1 is 1.24 bits per heavy atom. The van der Waals surface area contributed by atoms with Crippen LogP contribution in [0.15, 0.2) is 0 Å². The van der Waals surface area contributed by atoms with Gasteiger partial charge < -0.3 is 19.1 Å².